The van der Waals surface area contributed by atoms with Gasteiger partial charge in [-0.2, -0.15) is 0 Å². The maximum absolute atomic E-state index is 13.7. The van der Waals surface area contributed by atoms with Crippen LogP contribution in [0.25, 0.3) is 0 Å². The first kappa shape index (κ1) is 29.8. The van der Waals surface area contributed by atoms with E-state index in [4.69, 9.17) is 21.1 Å². The minimum atomic E-state index is -4.05. The average molecular weight is 592 g/mol. The lowest BCUT2D eigenvalue weighted by molar-refractivity contribution is -0.125. The molecule has 2 aromatic carbocycles. The molecule has 39 heavy (non-hydrogen) atoms. The molecule has 5 atom stereocenters. The van der Waals surface area contributed by atoms with Gasteiger partial charge in [0.15, 0.2) is 27.3 Å². The Kier molecular flexibility index (Phi) is 8.94. The summed E-state index contributed by atoms with van der Waals surface area (Å²) in [5.74, 6) is -6.26. The highest BCUT2D eigenvalue weighted by molar-refractivity contribution is 7.92. The second-order valence-corrected chi connectivity index (χ2v) is 12.7. The van der Waals surface area contributed by atoms with Crippen molar-refractivity contribution in [2.45, 2.75) is 47.5 Å². The molecule has 3 unspecified atom stereocenters. The topological polar surface area (TPSA) is 122 Å². The Morgan fingerprint density at radius 3 is 2.33 bits per heavy atom. The van der Waals surface area contributed by atoms with Gasteiger partial charge >= 0.3 is 0 Å². The molecule has 0 radical (unpaired) electrons. The lowest BCUT2D eigenvalue weighted by Gasteiger charge is -2.42. The van der Waals surface area contributed by atoms with Gasteiger partial charge in [0.2, 0.25) is 0 Å². The van der Waals surface area contributed by atoms with Gasteiger partial charge in [-0.15, -0.1) is 0 Å². The molecule has 2 fully saturated rings. The first-order valence-corrected chi connectivity index (χ1v) is 14.3. The fourth-order valence-corrected chi connectivity index (χ4v) is 7.97. The lowest BCUT2D eigenvalue weighted by Crippen LogP contribution is -2.51. The van der Waals surface area contributed by atoms with Crippen molar-refractivity contribution in [2.75, 3.05) is 32.2 Å². The quantitative estimate of drug-likeness (QED) is 0.360. The molecule has 2 saturated carbocycles. The molecule has 0 saturated heterocycles. The Morgan fingerprint density at radius 2 is 1.74 bits per heavy atom. The van der Waals surface area contributed by atoms with Crippen molar-refractivity contribution in [3.05, 3.63) is 58.4 Å². The van der Waals surface area contributed by atoms with Crippen molar-refractivity contribution in [1.82, 2.24) is 0 Å². The fraction of sp³-hybridized carbons (Fsp3) is 0.500. The van der Waals surface area contributed by atoms with Gasteiger partial charge in [-0.1, -0.05) is 11.6 Å². The molecular weight excluding hydrogens is 563 g/mol. The highest BCUT2D eigenvalue weighted by Gasteiger charge is 2.56. The maximum Gasteiger partial charge on any atom is 0.255 e. The Balaban J connectivity index is 1.49. The third kappa shape index (κ3) is 6.10. The van der Waals surface area contributed by atoms with E-state index >= 15 is 0 Å². The standard InChI is InChI=1S/C26H29ClF3NO7S/c1-37-11-18(32)12-38-13-26(34)15-3-4-16(26)8-19(7-15)39(35,36)23-6-14(2-5-20(23)27)25(33)31-17-9-21(28)24(30)22(29)10-17/h2,5-6,9-10,15-16,18-19,32,34H,3-4,7-8,11-13H2,1H3,(H,31,33)/t15-,16?,18-,19?,26?/m1/s1. The monoisotopic (exact) mass is 591 g/mol. The van der Waals surface area contributed by atoms with Crippen LogP contribution < -0.4 is 5.32 Å². The Hall–Kier alpha value is -2.22. The van der Waals surface area contributed by atoms with Crippen LogP contribution in [0.15, 0.2) is 35.2 Å². The first-order valence-electron chi connectivity index (χ1n) is 12.3. The first-order chi connectivity index (χ1) is 18.4. The van der Waals surface area contributed by atoms with Crippen molar-refractivity contribution in [3.63, 3.8) is 0 Å². The van der Waals surface area contributed by atoms with E-state index in [1.165, 1.54) is 19.2 Å². The number of sulfone groups is 1. The van der Waals surface area contributed by atoms with Crippen molar-refractivity contribution in [2.24, 2.45) is 11.8 Å². The van der Waals surface area contributed by atoms with Crippen LogP contribution >= 0.6 is 11.6 Å². The van der Waals surface area contributed by atoms with Gasteiger partial charge in [0, 0.05) is 30.5 Å². The summed E-state index contributed by atoms with van der Waals surface area (Å²) in [6, 6.07) is 4.79. The number of anilines is 1. The largest absolute Gasteiger partial charge is 0.388 e. The third-order valence-electron chi connectivity index (χ3n) is 7.56. The molecule has 1 amide bonds. The van der Waals surface area contributed by atoms with Crippen molar-refractivity contribution in [3.8, 4) is 0 Å². The van der Waals surface area contributed by atoms with Gasteiger partial charge in [-0.05, 0) is 55.7 Å². The van der Waals surface area contributed by atoms with Crippen LogP contribution in [0.1, 0.15) is 36.0 Å². The number of hydrogen-bond acceptors (Lipinski definition) is 7. The third-order valence-corrected chi connectivity index (χ3v) is 10.2. The van der Waals surface area contributed by atoms with Gasteiger partial charge in [0.05, 0.1) is 40.6 Å². The van der Waals surface area contributed by atoms with Crippen molar-refractivity contribution >= 4 is 33.0 Å². The summed E-state index contributed by atoms with van der Waals surface area (Å²) in [4.78, 5) is 12.4. The summed E-state index contributed by atoms with van der Waals surface area (Å²) in [5, 5.41) is 22.4. The van der Waals surface area contributed by atoms with E-state index in [0.717, 1.165) is 6.07 Å². The molecule has 13 heteroatoms. The number of amides is 1. The molecule has 0 aliphatic heterocycles. The van der Waals surface area contributed by atoms with E-state index in [1.54, 1.807) is 0 Å². The summed E-state index contributed by atoms with van der Waals surface area (Å²) in [6.07, 6.45) is 0.678. The van der Waals surface area contributed by atoms with Crippen LogP contribution in [0.4, 0.5) is 18.9 Å². The van der Waals surface area contributed by atoms with Gasteiger partial charge in [-0.3, -0.25) is 4.79 Å². The second kappa shape index (κ2) is 11.7. The summed E-state index contributed by atoms with van der Waals surface area (Å²) < 4.78 is 78.0. The zero-order valence-corrected chi connectivity index (χ0v) is 22.6. The molecule has 3 N–H and O–H groups in total. The Labute approximate surface area is 229 Å². The number of benzene rings is 2. The normalized spacial score (nSPS) is 25.5. The summed E-state index contributed by atoms with van der Waals surface area (Å²) in [5.41, 5.74) is -1.72. The lowest BCUT2D eigenvalue weighted by atomic mass is 9.75. The van der Waals surface area contributed by atoms with Gasteiger partial charge < -0.3 is 25.0 Å². The number of halogens is 4. The molecule has 4 rings (SSSR count). The number of aliphatic hydroxyl groups excluding tert-OH is 1. The van der Waals surface area contributed by atoms with E-state index in [-0.39, 0.29) is 65.7 Å². The minimum Gasteiger partial charge on any atom is -0.388 e. The highest BCUT2D eigenvalue weighted by Crippen LogP contribution is 2.52. The number of carbonyl (C=O) groups excluding carboxylic acids is 1. The fourth-order valence-electron chi connectivity index (χ4n) is 5.57. The van der Waals surface area contributed by atoms with Gasteiger partial charge in [0.25, 0.3) is 5.91 Å². The van der Waals surface area contributed by atoms with E-state index in [1.807, 2.05) is 0 Å². The van der Waals surface area contributed by atoms with Crippen molar-refractivity contribution < 1.29 is 46.1 Å². The molecular formula is C26H29ClF3NO7S. The van der Waals surface area contributed by atoms with Crippen LogP contribution in [-0.4, -0.2) is 68.4 Å². The Bertz CT molecular complexity index is 1310. The molecule has 2 aliphatic rings. The molecule has 0 aromatic heterocycles. The zero-order valence-electron chi connectivity index (χ0n) is 21.0. The van der Waals surface area contributed by atoms with E-state index in [9.17, 15) is 36.6 Å². The number of rotatable bonds is 10. The summed E-state index contributed by atoms with van der Waals surface area (Å²) >= 11 is 6.24. The van der Waals surface area contributed by atoms with Crippen molar-refractivity contribution in [1.29, 1.82) is 0 Å². The maximum atomic E-state index is 13.7. The molecule has 2 aliphatic carbocycles. The average Bonchev–Trinajstić information content (AvgIpc) is 3.03. The van der Waals surface area contributed by atoms with E-state index < -0.39 is 50.2 Å². The number of ether oxygens (including phenoxy) is 2. The molecule has 214 valence electrons. The van der Waals surface area contributed by atoms with Gasteiger partial charge in [-0.25, -0.2) is 21.6 Å². The van der Waals surface area contributed by atoms with Crippen LogP contribution in [0, 0.1) is 29.3 Å². The molecule has 2 aromatic rings. The van der Waals surface area contributed by atoms with Crippen LogP contribution in [-0.2, 0) is 19.3 Å². The SMILES string of the molecule is COC[C@@H](O)COCC1(O)C2CC[C@@H]1CC(S(=O)(=O)c1cc(C(=O)Nc3cc(F)c(F)c(F)c3)ccc1Cl)C2. The number of methoxy groups -OCH3 is 1. The number of hydrogen-bond donors (Lipinski definition) is 3. The minimum absolute atomic E-state index is 0.0288. The van der Waals surface area contributed by atoms with Crippen LogP contribution in [0.2, 0.25) is 5.02 Å². The number of fused-ring (bicyclic) bond motifs is 2. The highest BCUT2D eigenvalue weighted by atomic mass is 35.5. The number of carbonyl (C=O) groups is 1. The number of aliphatic hydroxyl groups is 2. The van der Waals surface area contributed by atoms with E-state index in [2.05, 4.69) is 5.32 Å². The van der Waals surface area contributed by atoms with Crippen LogP contribution in [0.5, 0.6) is 0 Å². The molecule has 0 spiro atoms. The summed E-state index contributed by atoms with van der Waals surface area (Å²) in [6.45, 7) is 0.0109. The Morgan fingerprint density at radius 1 is 1.13 bits per heavy atom. The smallest absolute Gasteiger partial charge is 0.255 e. The van der Waals surface area contributed by atoms with Gasteiger partial charge in [0.1, 0.15) is 6.10 Å². The van der Waals surface area contributed by atoms with E-state index in [0.29, 0.717) is 25.0 Å². The predicted octanol–water partition coefficient (Wildman–Crippen LogP) is 3.73. The predicted molar refractivity (Wildman–Crippen MR) is 136 cm³/mol. The molecule has 2 bridgehead atoms. The second-order valence-electron chi connectivity index (χ2n) is 10.1. The van der Waals surface area contributed by atoms with Crippen LogP contribution in [0.3, 0.4) is 0 Å². The zero-order chi connectivity index (χ0) is 28.5. The number of nitrogens with one attached hydrogen (secondary N) is 1. The summed E-state index contributed by atoms with van der Waals surface area (Å²) in [7, 11) is -2.60. The molecule has 0 heterocycles. The molecule has 8 nitrogen and oxygen atoms in total.